The topological polar surface area (TPSA) is 87.7 Å². The lowest BCUT2D eigenvalue weighted by atomic mass is 10.2. The number of anilines is 3. The van der Waals surface area contributed by atoms with Crippen molar-refractivity contribution >= 4 is 34.8 Å². The summed E-state index contributed by atoms with van der Waals surface area (Å²) in [5.41, 5.74) is 2.01. The van der Waals surface area contributed by atoms with Crippen molar-refractivity contribution in [3.63, 3.8) is 0 Å². The van der Waals surface area contributed by atoms with Crippen molar-refractivity contribution in [3.05, 3.63) is 48.5 Å². The zero-order valence-corrected chi connectivity index (χ0v) is 15.0. The molecule has 3 rings (SSSR count). The molecular weight excluding hydrogens is 346 g/mol. The van der Waals surface area contributed by atoms with Crippen LogP contribution in [0.4, 0.5) is 17.1 Å². The summed E-state index contributed by atoms with van der Waals surface area (Å²) >= 11 is 0. The van der Waals surface area contributed by atoms with Gasteiger partial charge in [-0.25, -0.2) is 0 Å². The second-order valence-corrected chi connectivity index (χ2v) is 6.24. The van der Waals surface area contributed by atoms with Crippen LogP contribution in [0.15, 0.2) is 48.5 Å². The van der Waals surface area contributed by atoms with Crippen molar-refractivity contribution in [2.24, 2.45) is 0 Å². The Morgan fingerprint density at radius 3 is 2.41 bits per heavy atom. The van der Waals surface area contributed by atoms with Crippen LogP contribution in [-0.2, 0) is 14.4 Å². The summed E-state index contributed by atoms with van der Waals surface area (Å²) in [6.45, 7) is 2.01. The summed E-state index contributed by atoms with van der Waals surface area (Å²) in [4.78, 5) is 36.7. The number of hydrogen-bond acceptors (Lipinski definition) is 4. The number of ether oxygens (including phenoxy) is 1. The Kier molecular flexibility index (Phi) is 5.71. The van der Waals surface area contributed by atoms with Crippen LogP contribution in [0.2, 0.25) is 0 Å². The Morgan fingerprint density at radius 2 is 1.78 bits per heavy atom. The number of amides is 3. The highest BCUT2D eigenvalue weighted by atomic mass is 16.5. The Morgan fingerprint density at radius 1 is 1.07 bits per heavy atom. The Labute approximate surface area is 157 Å². The van der Waals surface area contributed by atoms with Crippen LogP contribution in [0.25, 0.3) is 0 Å². The molecule has 0 saturated carbocycles. The lowest BCUT2D eigenvalue weighted by Crippen LogP contribution is -2.23. The Balaban J connectivity index is 1.52. The van der Waals surface area contributed by atoms with Gasteiger partial charge in [-0.2, -0.15) is 0 Å². The molecule has 1 saturated heterocycles. The first-order valence-electron chi connectivity index (χ1n) is 8.72. The van der Waals surface area contributed by atoms with Crippen LogP contribution >= 0.6 is 0 Å². The Hall–Kier alpha value is -3.35. The van der Waals surface area contributed by atoms with E-state index in [-0.39, 0.29) is 24.3 Å². The minimum Gasteiger partial charge on any atom is -0.484 e. The van der Waals surface area contributed by atoms with Gasteiger partial charge in [0.15, 0.2) is 6.61 Å². The van der Waals surface area contributed by atoms with E-state index in [1.165, 1.54) is 6.92 Å². The predicted molar refractivity (Wildman–Crippen MR) is 103 cm³/mol. The molecule has 0 bridgehead atoms. The second-order valence-electron chi connectivity index (χ2n) is 6.24. The molecule has 0 aromatic heterocycles. The van der Waals surface area contributed by atoms with E-state index in [4.69, 9.17) is 4.74 Å². The first-order chi connectivity index (χ1) is 13.0. The van der Waals surface area contributed by atoms with E-state index < -0.39 is 0 Å². The van der Waals surface area contributed by atoms with Gasteiger partial charge in [0.1, 0.15) is 5.75 Å². The highest BCUT2D eigenvalue weighted by Gasteiger charge is 2.21. The van der Waals surface area contributed by atoms with Crippen molar-refractivity contribution in [3.8, 4) is 5.75 Å². The molecule has 27 heavy (non-hydrogen) atoms. The zero-order chi connectivity index (χ0) is 19.2. The normalized spacial score (nSPS) is 13.4. The van der Waals surface area contributed by atoms with E-state index in [1.807, 2.05) is 12.1 Å². The van der Waals surface area contributed by atoms with Crippen LogP contribution in [0, 0.1) is 0 Å². The predicted octanol–water partition coefficient (Wildman–Crippen LogP) is 2.79. The first-order valence-corrected chi connectivity index (χ1v) is 8.72. The molecule has 0 unspecified atom stereocenters. The largest absolute Gasteiger partial charge is 0.484 e. The number of carbonyl (C=O) groups is 3. The van der Waals surface area contributed by atoms with Crippen molar-refractivity contribution in [1.82, 2.24) is 0 Å². The minimum absolute atomic E-state index is 0.129. The maximum Gasteiger partial charge on any atom is 0.262 e. The van der Waals surface area contributed by atoms with Gasteiger partial charge in [-0.1, -0.05) is 6.07 Å². The maximum atomic E-state index is 12.1. The number of nitrogens with one attached hydrogen (secondary N) is 2. The highest BCUT2D eigenvalue weighted by Crippen LogP contribution is 2.24. The SMILES string of the molecule is CC(=O)Nc1cccc(NC(=O)COc2ccc(N3CCCC3=O)cc2)c1. The van der Waals surface area contributed by atoms with E-state index >= 15 is 0 Å². The van der Waals surface area contributed by atoms with E-state index in [1.54, 1.807) is 41.3 Å². The summed E-state index contributed by atoms with van der Waals surface area (Å²) in [5, 5.41) is 5.38. The maximum absolute atomic E-state index is 12.1. The molecule has 7 nitrogen and oxygen atoms in total. The molecular formula is C20H21N3O4. The van der Waals surface area contributed by atoms with Crippen molar-refractivity contribution in [2.45, 2.75) is 19.8 Å². The summed E-state index contributed by atoms with van der Waals surface area (Å²) in [5.74, 6) is 0.187. The average molecular weight is 367 g/mol. The van der Waals surface area contributed by atoms with Crippen LogP contribution in [0.1, 0.15) is 19.8 Å². The van der Waals surface area contributed by atoms with Gasteiger partial charge in [0.25, 0.3) is 5.91 Å². The smallest absolute Gasteiger partial charge is 0.262 e. The summed E-state index contributed by atoms with van der Waals surface area (Å²) in [6.07, 6.45) is 1.46. The Bertz CT molecular complexity index is 849. The van der Waals surface area contributed by atoms with E-state index in [0.717, 1.165) is 18.7 Å². The van der Waals surface area contributed by atoms with Crippen molar-refractivity contribution in [2.75, 3.05) is 28.7 Å². The lowest BCUT2D eigenvalue weighted by molar-refractivity contribution is -0.118. The molecule has 0 radical (unpaired) electrons. The first kappa shape index (κ1) is 18.4. The fourth-order valence-electron chi connectivity index (χ4n) is 2.87. The van der Waals surface area contributed by atoms with Crippen molar-refractivity contribution < 1.29 is 19.1 Å². The number of benzene rings is 2. The van der Waals surface area contributed by atoms with E-state index in [0.29, 0.717) is 23.5 Å². The molecule has 7 heteroatoms. The molecule has 3 amide bonds. The standard InChI is InChI=1S/C20H21N3O4/c1-14(24)21-15-4-2-5-16(12-15)22-19(25)13-27-18-9-7-17(8-10-18)23-11-3-6-20(23)26/h2,4-5,7-10,12H,3,6,11,13H2,1H3,(H,21,24)(H,22,25). The monoisotopic (exact) mass is 367 g/mol. The van der Waals surface area contributed by atoms with Gasteiger partial charge in [-0.05, 0) is 48.9 Å². The van der Waals surface area contributed by atoms with Gasteiger partial charge >= 0.3 is 0 Å². The molecule has 2 aromatic carbocycles. The number of carbonyl (C=O) groups excluding carboxylic acids is 3. The van der Waals surface area contributed by atoms with Gasteiger partial charge in [-0.15, -0.1) is 0 Å². The van der Waals surface area contributed by atoms with Crippen molar-refractivity contribution in [1.29, 1.82) is 0 Å². The summed E-state index contributed by atoms with van der Waals surface area (Å²) in [7, 11) is 0. The van der Waals surface area contributed by atoms with E-state index in [2.05, 4.69) is 10.6 Å². The van der Waals surface area contributed by atoms with Crippen LogP contribution in [0.5, 0.6) is 5.75 Å². The van der Waals surface area contributed by atoms with Crippen LogP contribution in [0.3, 0.4) is 0 Å². The third-order valence-corrected chi connectivity index (χ3v) is 4.06. The molecule has 2 aromatic rings. The molecule has 0 aliphatic carbocycles. The second kappa shape index (κ2) is 8.35. The number of rotatable bonds is 6. The van der Waals surface area contributed by atoms with E-state index in [9.17, 15) is 14.4 Å². The van der Waals surface area contributed by atoms with Gasteiger partial charge in [0, 0.05) is 37.0 Å². The van der Waals surface area contributed by atoms with Gasteiger partial charge < -0.3 is 20.3 Å². The molecule has 0 spiro atoms. The zero-order valence-electron chi connectivity index (χ0n) is 15.0. The minimum atomic E-state index is -0.311. The van der Waals surface area contributed by atoms with Gasteiger partial charge in [0.05, 0.1) is 0 Å². The van der Waals surface area contributed by atoms with Crippen LogP contribution in [-0.4, -0.2) is 30.9 Å². The molecule has 1 fully saturated rings. The quantitative estimate of drug-likeness (QED) is 0.822. The average Bonchev–Trinajstić information content (AvgIpc) is 3.06. The van der Waals surface area contributed by atoms with Crippen LogP contribution < -0.4 is 20.3 Å². The summed E-state index contributed by atoms with van der Waals surface area (Å²) in [6, 6.07) is 14.0. The number of hydrogen-bond donors (Lipinski definition) is 2. The lowest BCUT2D eigenvalue weighted by Gasteiger charge is -2.16. The third kappa shape index (κ3) is 5.07. The summed E-state index contributed by atoms with van der Waals surface area (Å²) < 4.78 is 5.49. The third-order valence-electron chi connectivity index (χ3n) is 4.06. The fourth-order valence-corrected chi connectivity index (χ4v) is 2.87. The molecule has 1 aliphatic heterocycles. The van der Waals surface area contributed by atoms with Gasteiger partial charge in [-0.3, -0.25) is 14.4 Å². The number of nitrogens with zero attached hydrogens (tertiary/aromatic N) is 1. The highest BCUT2D eigenvalue weighted by molar-refractivity contribution is 5.95. The molecule has 2 N–H and O–H groups in total. The molecule has 1 heterocycles. The molecule has 0 atom stereocenters. The fraction of sp³-hybridized carbons (Fsp3) is 0.250. The van der Waals surface area contributed by atoms with Gasteiger partial charge in [0.2, 0.25) is 11.8 Å². The molecule has 1 aliphatic rings. The molecule has 140 valence electrons.